The third-order valence-corrected chi connectivity index (χ3v) is 11.8. The first-order valence-electron chi connectivity index (χ1n) is 19.1. The van der Waals surface area contributed by atoms with Crippen molar-refractivity contribution >= 4 is 60.5 Å². The summed E-state index contributed by atoms with van der Waals surface area (Å²) in [5.41, 5.74) is 14.8. The number of hydrogen-bond acceptors (Lipinski definition) is 2. The van der Waals surface area contributed by atoms with E-state index in [4.69, 9.17) is 4.42 Å². The average Bonchev–Trinajstić information content (AvgIpc) is 3.74. The van der Waals surface area contributed by atoms with Gasteiger partial charge in [-0.2, -0.15) is 0 Å². The Morgan fingerprint density at radius 3 is 1.80 bits per heavy atom. The van der Waals surface area contributed by atoms with E-state index in [2.05, 4.69) is 207 Å². The van der Waals surface area contributed by atoms with Gasteiger partial charge in [-0.1, -0.05) is 159 Å². The summed E-state index contributed by atoms with van der Waals surface area (Å²) in [5, 5.41) is 6.89. The fourth-order valence-electron chi connectivity index (χ4n) is 9.15. The van der Waals surface area contributed by atoms with Crippen LogP contribution in [0.1, 0.15) is 25.0 Å². The smallest absolute Gasteiger partial charge is 0.145 e. The second-order valence-corrected chi connectivity index (χ2v) is 15.3. The van der Waals surface area contributed by atoms with Gasteiger partial charge in [-0.15, -0.1) is 0 Å². The lowest BCUT2D eigenvalue weighted by atomic mass is 9.82. The molecule has 1 aliphatic carbocycles. The number of anilines is 3. The standard InChI is InChI=1S/C53H37NO/c1-53(2)47-24-14-13-22-42(47)43-28-27-39(32-48(43)53)54(38-26-25-34-15-9-10-20-37(34)31-38)49-30-29-40(35-16-5-3-6-17-35)52-50(49)46-33-45(36-18-7-4-8-19-36)41-21-11-12-23-44(41)51(46)55-52/h3-33H,1-2H3. The molecule has 1 aromatic heterocycles. The third kappa shape index (κ3) is 4.81. The lowest BCUT2D eigenvalue weighted by molar-refractivity contribution is 0.660. The molecule has 1 aliphatic rings. The Kier molecular flexibility index (Phi) is 6.93. The number of rotatable bonds is 5. The topological polar surface area (TPSA) is 16.4 Å². The van der Waals surface area contributed by atoms with Gasteiger partial charge in [-0.05, 0) is 97.6 Å². The average molecular weight is 704 g/mol. The van der Waals surface area contributed by atoms with Crippen molar-refractivity contribution in [1.29, 1.82) is 0 Å². The van der Waals surface area contributed by atoms with Gasteiger partial charge < -0.3 is 9.32 Å². The third-order valence-electron chi connectivity index (χ3n) is 11.8. The van der Waals surface area contributed by atoms with Crippen molar-refractivity contribution in [2.24, 2.45) is 0 Å². The molecule has 0 saturated carbocycles. The Balaban J connectivity index is 1.26. The minimum Gasteiger partial charge on any atom is -0.455 e. The van der Waals surface area contributed by atoms with Crippen LogP contribution in [0.4, 0.5) is 17.1 Å². The lowest BCUT2D eigenvalue weighted by Crippen LogP contribution is -2.16. The molecule has 2 heteroatoms. The number of nitrogens with zero attached hydrogens (tertiary/aromatic N) is 1. The molecule has 0 radical (unpaired) electrons. The summed E-state index contributed by atoms with van der Waals surface area (Å²) < 4.78 is 7.20. The van der Waals surface area contributed by atoms with Gasteiger partial charge in [0.15, 0.2) is 0 Å². The Hall–Kier alpha value is -6.90. The molecule has 2 nitrogen and oxygen atoms in total. The van der Waals surface area contributed by atoms with Crippen LogP contribution in [0.2, 0.25) is 0 Å². The minimum atomic E-state index is -0.144. The van der Waals surface area contributed by atoms with E-state index in [9.17, 15) is 0 Å². The number of benzene rings is 9. The second kappa shape index (κ2) is 12.1. The molecule has 55 heavy (non-hydrogen) atoms. The van der Waals surface area contributed by atoms with Gasteiger partial charge in [0.2, 0.25) is 0 Å². The predicted molar refractivity (Wildman–Crippen MR) is 232 cm³/mol. The highest BCUT2D eigenvalue weighted by atomic mass is 16.3. The van der Waals surface area contributed by atoms with E-state index in [1.165, 1.54) is 49.5 Å². The van der Waals surface area contributed by atoms with Gasteiger partial charge in [0.1, 0.15) is 11.2 Å². The molecule has 0 amide bonds. The fraction of sp³-hybridized carbons (Fsp3) is 0.0566. The maximum atomic E-state index is 7.20. The molecular formula is C53H37NO. The molecule has 260 valence electrons. The number of fused-ring (bicyclic) bond motifs is 9. The fourth-order valence-corrected chi connectivity index (χ4v) is 9.15. The first kappa shape index (κ1) is 31.6. The number of furan rings is 1. The van der Waals surface area contributed by atoms with E-state index < -0.39 is 0 Å². The monoisotopic (exact) mass is 703 g/mol. The van der Waals surface area contributed by atoms with Gasteiger partial charge in [0.25, 0.3) is 0 Å². The van der Waals surface area contributed by atoms with E-state index in [-0.39, 0.29) is 5.41 Å². The minimum absolute atomic E-state index is 0.144. The second-order valence-electron chi connectivity index (χ2n) is 15.3. The molecule has 0 saturated heterocycles. The SMILES string of the molecule is CC1(C)c2ccccc2-c2ccc(N(c3ccc4ccccc4c3)c3ccc(-c4ccccc4)c4oc5c6ccccc6c(-c6ccccc6)cc5c34)cc21. The van der Waals surface area contributed by atoms with Crippen LogP contribution in [0.15, 0.2) is 192 Å². The molecule has 0 bridgehead atoms. The quantitative estimate of drug-likeness (QED) is 0.177. The summed E-state index contributed by atoms with van der Waals surface area (Å²) in [4.78, 5) is 2.45. The molecule has 9 aromatic carbocycles. The zero-order chi connectivity index (χ0) is 36.7. The summed E-state index contributed by atoms with van der Waals surface area (Å²) >= 11 is 0. The number of hydrogen-bond donors (Lipinski definition) is 0. The maximum absolute atomic E-state index is 7.20. The zero-order valence-electron chi connectivity index (χ0n) is 30.8. The van der Waals surface area contributed by atoms with Crippen LogP contribution in [0.5, 0.6) is 0 Å². The van der Waals surface area contributed by atoms with Crippen molar-refractivity contribution in [2.45, 2.75) is 19.3 Å². The molecule has 11 rings (SSSR count). The maximum Gasteiger partial charge on any atom is 0.145 e. The highest BCUT2D eigenvalue weighted by Crippen LogP contribution is 2.53. The van der Waals surface area contributed by atoms with Crippen LogP contribution in [-0.4, -0.2) is 0 Å². The Morgan fingerprint density at radius 2 is 1.00 bits per heavy atom. The Labute approximate surface area is 320 Å². The highest BCUT2D eigenvalue weighted by molar-refractivity contribution is 6.24. The highest BCUT2D eigenvalue weighted by Gasteiger charge is 2.36. The van der Waals surface area contributed by atoms with Crippen LogP contribution in [0.3, 0.4) is 0 Å². The van der Waals surface area contributed by atoms with Gasteiger partial charge in [0.05, 0.1) is 11.1 Å². The van der Waals surface area contributed by atoms with Crippen molar-refractivity contribution in [1.82, 2.24) is 0 Å². The van der Waals surface area contributed by atoms with Gasteiger partial charge in [-0.3, -0.25) is 0 Å². The van der Waals surface area contributed by atoms with Crippen LogP contribution in [-0.2, 0) is 5.41 Å². The normalized spacial score (nSPS) is 13.1. The van der Waals surface area contributed by atoms with Gasteiger partial charge in [0, 0.05) is 33.1 Å². The molecule has 1 heterocycles. The van der Waals surface area contributed by atoms with Crippen LogP contribution >= 0.6 is 0 Å². The Bertz CT molecular complexity index is 3120. The summed E-state index contributed by atoms with van der Waals surface area (Å²) in [6, 6.07) is 68.3. The van der Waals surface area contributed by atoms with E-state index in [0.29, 0.717) is 0 Å². The Morgan fingerprint density at radius 1 is 0.400 bits per heavy atom. The molecule has 0 unspecified atom stereocenters. The molecular weight excluding hydrogens is 667 g/mol. The van der Waals surface area contributed by atoms with Gasteiger partial charge in [-0.25, -0.2) is 0 Å². The molecule has 0 atom stereocenters. The molecule has 0 aliphatic heterocycles. The van der Waals surface area contributed by atoms with E-state index in [1.807, 2.05) is 0 Å². The summed E-state index contributed by atoms with van der Waals surface area (Å²) in [5.74, 6) is 0. The summed E-state index contributed by atoms with van der Waals surface area (Å²) in [6.07, 6.45) is 0. The largest absolute Gasteiger partial charge is 0.455 e. The predicted octanol–water partition coefficient (Wildman–Crippen LogP) is 15.0. The van der Waals surface area contributed by atoms with E-state index in [1.54, 1.807) is 0 Å². The van der Waals surface area contributed by atoms with Gasteiger partial charge >= 0.3 is 0 Å². The summed E-state index contributed by atoms with van der Waals surface area (Å²) in [6.45, 7) is 4.71. The first-order valence-corrected chi connectivity index (χ1v) is 19.1. The van der Waals surface area contributed by atoms with E-state index in [0.717, 1.165) is 55.5 Å². The van der Waals surface area contributed by atoms with Crippen molar-refractivity contribution < 1.29 is 4.42 Å². The van der Waals surface area contributed by atoms with Crippen molar-refractivity contribution in [2.75, 3.05) is 4.90 Å². The molecule has 0 fully saturated rings. The van der Waals surface area contributed by atoms with Crippen LogP contribution < -0.4 is 4.90 Å². The zero-order valence-corrected chi connectivity index (χ0v) is 30.8. The molecule has 0 N–H and O–H groups in total. The van der Waals surface area contributed by atoms with Crippen molar-refractivity contribution in [3.05, 3.63) is 199 Å². The van der Waals surface area contributed by atoms with Crippen LogP contribution in [0.25, 0.3) is 76.9 Å². The first-order chi connectivity index (χ1) is 27.0. The van der Waals surface area contributed by atoms with Crippen molar-refractivity contribution in [3.63, 3.8) is 0 Å². The van der Waals surface area contributed by atoms with E-state index >= 15 is 0 Å². The lowest BCUT2D eigenvalue weighted by Gasteiger charge is -2.29. The summed E-state index contributed by atoms with van der Waals surface area (Å²) in [7, 11) is 0. The molecule has 10 aromatic rings. The van der Waals surface area contributed by atoms with Crippen molar-refractivity contribution in [3.8, 4) is 33.4 Å². The molecule has 0 spiro atoms. The van der Waals surface area contributed by atoms with Crippen LogP contribution in [0, 0.1) is 0 Å².